The molecule has 0 spiro atoms. The number of fused-ring (bicyclic) bond motifs is 1. The van der Waals surface area contributed by atoms with Crippen molar-refractivity contribution >= 4 is 32.7 Å². The van der Waals surface area contributed by atoms with Crippen LogP contribution in [0.25, 0.3) is 10.2 Å². The highest BCUT2D eigenvalue weighted by Crippen LogP contribution is 2.40. The SMILES string of the molecule is COC(=O)C1(c2cccc(OC)c2)CCN(c2nc3ccccc3s2)CC1. The van der Waals surface area contributed by atoms with Crippen molar-refractivity contribution in [3.05, 3.63) is 54.1 Å². The van der Waals surface area contributed by atoms with Gasteiger partial charge >= 0.3 is 5.97 Å². The van der Waals surface area contributed by atoms with Crippen LogP contribution in [0, 0.1) is 0 Å². The molecule has 2 aromatic carbocycles. The van der Waals surface area contributed by atoms with Crippen LogP contribution in [0.3, 0.4) is 0 Å². The summed E-state index contributed by atoms with van der Waals surface area (Å²) in [6.45, 7) is 1.51. The third-order valence-electron chi connectivity index (χ3n) is 5.37. The lowest BCUT2D eigenvalue weighted by molar-refractivity contribution is -0.148. The fraction of sp³-hybridized carbons (Fsp3) is 0.333. The lowest BCUT2D eigenvalue weighted by Crippen LogP contribution is -2.48. The van der Waals surface area contributed by atoms with E-state index in [9.17, 15) is 4.79 Å². The molecule has 1 fully saturated rings. The Morgan fingerprint density at radius 3 is 2.59 bits per heavy atom. The van der Waals surface area contributed by atoms with Crippen LogP contribution in [0.1, 0.15) is 18.4 Å². The molecule has 1 aliphatic rings. The van der Waals surface area contributed by atoms with Crippen molar-refractivity contribution in [2.75, 3.05) is 32.2 Å². The third-order valence-corrected chi connectivity index (χ3v) is 6.47. The van der Waals surface area contributed by atoms with Gasteiger partial charge in [0.1, 0.15) is 5.75 Å². The van der Waals surface area contributed by atoms with Crippen molar-refractivity contribution in [2.45, 2.75) is 18.3 Å². The number of ether oxygens (including phenoxy) is 2. The maximum Gasteiger partial charge on any atom is 0.316 e. The van der Waals surface area contributed by atoms with Crippen molar-refractivity contribution in [1.82, 2.24) is 4.98 Å². The lowest BCUT2D eigenvalue weighted by Gasteiger charge is -2.40. The summed E-state index contributed by atoms with van der Waals surface area (Å²) in [6, 6.07) is 15.9. The number of anilines is 1. The van der Waals surface area contributed by atoms with E-state index in [1.165, 1.54) is 11.8 Å². The van der Waals surface area contributed by atoms with E-state index < -0.39 is 5.41 Å². The first kappa shape index (κ1) is 17.8. The second-order valence-electron chi connectivity index (χ2n) is 6.76. The Kier molecular flexibility index (Phi) is 4.74. The Hall–Kier alpha value is -2.60. The van der Waals surface area contributed by atoms with Gasteiger partial charge in [0, 0.05) is 13.1 Å². The van der Waals surface area contributed by atoms with E-state index in [4.69, 9.17) is 14.5 Å². The Balaban J connectivity index is 1.62. The molecule has 2 heterocycles. The molecule has 0 amide bonds. The monoisotopic (exact) mass is 382 g/mol. The van der Waals surface area contributed by atoms with Gasteiger partial charge in [0.2, 0.25) is 0 Å². The number of thiazole rings is 1. The normalized spacial score (nSPS) is 16.3. The first-order chi connectivity index (χ1) is 13.2. The first-order valence-electron chi connectivity index (χ1n) is 9.00. The summed E-state index contributed by atoms with van der Waals surface area (Å²) in [4.78, 5) is 19.8. The highest BCUT2D eigenvalue weighted by Gasteiger charge is 2.44. The molecule has 1 aromatic heterocycles. The van der Waals surface area contributed by atoms with E-state index >= 15 is 0 Å². The van der Waals surface area contributed by atoms with Gasteiger partial charge in [-0.25, -0.2) is 4.98 Å². The van der Waals surface area contributed by atoms with Crippen molar-refractivity contribution in [1.29, 1.82) is 0 Å². The molecule has 5 nitrogen and oxygen atoms in total. The molecule has 6 heteroatoms. The van der Waals surface area contributed by atoms with Gasteiger partial charge < -0.3 is 14.4 Å². The molecule has 0 atom stereocenters. The second-order valence-corrected chi connectivity index (χ2v) is 7.77. The van der Waals surface area contributed by atoms with Gasteiger partial charge in [-0.2, -0.15) is 0 Å². The van der Waals surface area contributed by atoms with Gasteiger partial charge in [-0.05, 0) is 42.7 Å². The summed E-state index contributed by atoms with van der Waals surface area (Å²) in [5.74, 6) is 0.573. The van der Waals surface area contributed by atoms with E-state index in [2.05, 4.69) is 11.0 Å². The van der Waals surface area contributed by atoms with Crippen LogP contribution in [0.2, 0.25) is 0 Å². The number of benzene rings is 2. The standard InChI is InChI=1S/C21H22N2O3S/c1-25-16-7-5-6-15(14-16)21(19(24)26-2)10-12-23(13-11-21)20-22-17-8-3-4-9-18(17)27-20/h3-9,14H,10-13H2,1-2H3. The fourth-order valence-electron chi connectivity index (χ4n) is 3.80. The molecule has 0 unspecified atom stereocenters. The van der Waals surface area contributed by atoms with Crippen LogP contribution >= 0.6 is 11.3 Å². The highest BCUT2D eigenvalue weighted by atomic mass is 32.1. The van der Waals surface area contributed by atoms with Crippen LogP contribution in [-0.4, -0.2) is 38.3 Å². The van der Waals surface area contributed by atoms with E-state index in [0.717, 1.165) is 35.1 Å². The minimum Gasteiger partial charge on any atom is -0.497 e. The van der Waals surface area contributed by atoms with Crippen LogP contribution in [0.5, 0.6) is 5.75 Å². The number of hydrogen-bond donors (Lipinski definition) is 0. The number of para-hydroxylation sites is 1. The predicted octanol–water partition coefficient (Wildman–Crippen LogP) is 4.02. The molecule has 0 radical (unpaired) electrons. The Labute approximate surface area is 162 Å². The number of esters is 1. The summed E-state index contributed by atoms with van der Waals surface area (Å²) in [5.41, 5.74) is 1.34. The minimum atomic E-state index is -0.642. The zero-order valence-corrected chi connectivity index (χ0v) is 16.3. The van der Waals surface area contributed by atoms with E-state index in [0.29, 0.717) is 12.8 Å². The van der Waals surface area contributed by atoms with Crippen molar-refractivity contribution in [2.24, 2.45) is 0 Å². The van der Waals surface area contributed by atoms with E-state index in [1.807, 2.05) is 42.5 Å². The number of piperidine rings is 1. The zero-order valence-electron chi connectivity index (χ0n) is 15.5. The maximum atomic E-state index is 12.8. The Morgan fingerprint density at radius 1 is 1.11 bits per heavy atom. The molecule has 1 aliphatic heterocycles. The Morgan fingerprint density at radius 2 is 1.89 bits per heavy atom. The molecule has 27 heavy (non-hydrogen) atoms. The molecule has 0 saturated carbocycles. The van der Waals surface area contributed by atoms with Crippen molar-refractivity contribution < 1.29 is 14.3 Å². The average Bonchev–Trinajstić information content (AvgIpc) is 3.17. The molecular formula is C21H22N2O3S. The van der Waals surface area contributed by atoms with Gasteiger partial charge in [0.15, 0.2) is 5.13 Å². The van der Waals surface area contributed by atoms with Crippen LogP contribution in [0.15, 0.2) is 48.5 Å². The van der Waals surface area contributed by atoms with Crippen LogP contribution in [0.4, 0.5) is 5.13 Å². The third kappa shape index (κ3) is 3.14. The summed E-state index contributed by atoms with van der Waals surface area (Å²) in [7, 11) is 3.10. The predicted molar refractivity (Wildman–Crippen MR) is 108 cm³/mol. The minimum absolute atomic E-state index is 0.181. The summed E-state index contributed by atoms with van der Waals surface area (Å²) >= 11 is 1.70. The molecule has 4 rings (SSSR count). The zero-order chi connectivity index (χ0) is 18.9. The molecule has 0 N–H and O–H groups in total. The second kappa shape index (κ2) is 7.19. The smallest absolute Gasteiger partial charge is 0.316 e. The number of nitrogens with zero attached hydrogens (tertiary/aromatic N) is 2. The van der Waals surface area contributed by atoms with Crippen LogP contribution in [-0.2, 0) is 14.9 Å². The molecule has 140 valence electrons. The topological polar surface area (TPSA) is 51.7 Å². The van der Waals surface area contributed by atoms with E-state index in [1.54, 1.807) is 18.4 Å². The molecule has 3 aromatic rings. The van der Waals surface area contributed by atoms with Crippen molar-refractivity contribution in [3.63, 3.8) is 0 Å². The van der Waals surface area contributed by atoms with Gasteiger partial charge in [-0.1, -0.05) is 35.6 Å². The molecule has 0 bridgehead atoms. The van der Waals surface area contributed by atoms with Gasteiger partial charge in [-0.15, -0.1) is 0 Å². The maximum absolute atomic E-state index is 12.8. The largest absolute Gasteiger partial charge is 0.497 e. The van der Waals surface area contributed by atoms with Gasteiger partial charge in [0.05, 0.1) is 29.9 Å². The summed E-state index contributed by atoms with van der Waals surface area (Å²) < 4.78 is 11.7. The summed E-state index contributed by atoms with van der Waals surface area (Å²) in [5, 5.41) is 1.01. The number of aromatic nitrogens is 1. The van der Waals surface area contributed by atoms with Crippen LogP contribution < -0.4 is 9.64 Å². The number of carbonyl (C=O) groups excluding carboxylic acids is 1. The molecule has 0 aliphatic carbocycles. The van der Waals surface area contributed by atoms with Gasteiger partial charge in [0.25, 0.3) is 0 Å². The van der Waals surface area contributed by atoms with Gasteiger partial charge in [-0.3, -0.25) is 4.79 Å². The fourth-order valence-corrected chi connectivity index (χ4v) is 4.82. The number of methoxy groups -OCH3 is 2. The number of carbonyl (C=O) groups is 1. The molecule has 1 saturated heterocycles. The number of hydrogen-bond acceptors (Lipinski definition) is 6. The molecular weight excluding hydrogens is 360 g/mol. The average molecular weight is 382 g/mol. The highest BCUT2D eigenvalue weighted by molar-refractivity contribution is 7.22. The Bertz CT molecular complexity index is 928. The van der Waals surface area contributed by atoms with Crippen molar-refractivity contribution in [3.8, 4) is 5.75 Å². The lowest BCUT2D eigenvalue weighted by atomic mass is 9.72. The number of rotatable bonds is 4. The van der Waals surface area contributed by atoms with E-state index in [-0.39, 0.29) is 5.97 Å². The summed E-state index contributed by atoms with van der Waals surface area (Å²) in [6.07, 6.45) is 1.37. The first-order valence-corrected chi connectivity index (χ1v) is 9.81. The quantitative estimate of drug-likeness (QED) is 0.638.